The molecule has 0 saturated carbocycles. The Kier molecular flexibility index (Phi) is 3.37. The molecule has 19 heavy (non-hydrogen) atoms. The third-order valence-electron chi connectivity index (χ3n) is 2.58. The number of methoxy groups -OCH3 is 2. The summed E-state index contributed by atoms with van der Waals surface area (Å²) >= 11 is 0. The second-order valence-electron chi connectivity index (χ2n) is 3.76. The van der Waals surface area contributed by atoms with Gasteiger partial charge in [-0.25, -0.2) is 4.79 Å². The lowest BCUT2D eigenvalue weighted by Crippen LogP contribution is -2.01. The average molecular weight is 263 g/mol. The molecule has 7 heteroatoms. The van der Waals surface area contributed by atoms with Crippen LogP contribution in [-0.4, -0.2) is 40.3 Å². The third-order valence-corrected chi connectivity index (χ3v) is 2.58. The van der Waals surface area contributed by atoms with Gasteiger partial charge in [0.05, 0.1) is 19.8 Å². The Morgan fingerprint density at radius 3 is 2.58 bits per heavy atom. The lowest BCUT2D eigenvalue weighted by molar-refractivity contribution is 0.0690. The number of aromatic carboxylic acids is 1. The van der Waals surface area contributed by atoms with Gasteiger partial charge in [0.2, 0.25) is 0 Å². The van der Waals surface area contributed by atoms with Gasteiger partial charge in [-0.2, -0.15) is 9.90 Å². The van der Waals surface area contributed by atoms with Crippen LogP contribution < -0.4 is 9.47 Å². The van der Waals surface area contributed by atoms with Gasteiger partial charge in [0.15, 0.2) is 5.69 Å². The summed E-state index contributed by atoms with van der Waals surface area (Å²) in [5.74, 6) is -0.0606. The van der Waals surface area contributed by atoms with Gasteiger partial charge in [0.25, 0.3) is 0 Å². The molecular weight excluding hydrogens is 250 g/mol. The monoisotopic (exact) mass is 263 g/mol. The molecule has 1 aromatic heterocycles. The van der Waals surface area contributed by atoms with E-state index in [0.717, 1.165) is 0 Å². The van der Waals surface area contributed by atoms with Crippen LogP contribution >= 0.6 is 0 Å². The topological polar surface area (TPSA) is 86.5 Å². The van der Waals surface area contributed by atoms with Crippen molar-refractivity contribution in [3.63, 3.8) is 0 Å². The van der Waals surface area contributed by atoms with Crippen molar-refractivity contribution >= 4 is 5.97 Å². The highest BCUT2D eigenvalue weighted by molar-refractivity contribution is 5.93. The Labute approximate surface area is 109 Å². The quantitative estimate of drug-likeness (QED) is 0.891. The SMILES string of the molecule is COc1ccc(OC)c(-c2nn(C)nc2C(=O)O)c1. The first-order valence-electron chi connectivity index (χ1n) is 5.43. The maximum Gasteiger partial charge on any atom is 0.358 e. The van der Waals surface area contributed by atoms with E-state index in [2.05, 4.69) is 10.2 Å². The number of ether oxygens (including phenoxy) is 2. The highest BCUT2D eigenvalue weighted by atomic mass is 16.5. The van der Waals surface area contributed by atoms with E-state index in [9.17, 15) is 4.79 Å². The number of hydrogen-bond donors (Lipinski definition) is 1. The molecule has 0 aliphatic rings. The fraction of sp³-hybridized carbons (Fsp3) is 0.250. The van der Waals surface area contributed by atoms with Gasteiger partial charge in [-0.05, 0) is 18.2 Å². The fourth-order valence-electron chi connectivity index (χ4n) is 1.73. The van der Waals surface area contributed by atoms with Crippen LogP contribution in [0.5, 0.6) is 11.5 Å². The second kappa shape index (κ2) is 4.97. The first kappa shape index (κ1) is 12.9. The largest absolute Gasteiger partial charge is 0.497 e. The minimum absolute atomic E-state index is 0.131. The van der Waals surface area contributed by atoms with Gasteiger partial charge >= 0.3 is 5.97 Å². The minimum Gasteiger partial charge on any atom is -0.497 e. The van der Waals surface area contributed by atoms with Gasteiger partial charge in [0.1, 0.15) is 17.2 Å². The molecule has 0 aliphatic heterocycles. The molecule has 0 amide bonds. The van der Waals surface area contributed by atoms with Crippen molar-refractivity contribution < 1.29 is 19.4 Å². The maximum atomic E-state index is 11.2. The summed E-state index contributed by atoms with van der Waals surface area (Å²) in [5, 5.41) is 17.0. The molecule has 0 unspecified atom stereocenters. The molecule has 1 aromatic carbocycles. The summed E-state index contributed by atoms with van der Waals surface area (Å²) < 4.78 is 10.3. The normalized spacial score (nSPS) is 10.3. The van der Waals surface area contributed by atoms with Crippen LogP contribution in [0.1, 0.15) is 10.5 Å². The Morgan fingerprint density at radius 1 is 1.26 bits per heavy atom. The lowest BCUT2D eigenvalue weighted by Gasteiger charge is -2.08. The molecule has 1 N–H and O–H groups in total. The van der Waals surface area contributed by atoms with E-state index in [1.807, 2.05) is 0 Å². The number of aromatic nitrogens is 3. The van der Waals surface area contributed by atoms with Crippen molar-refractivity contribution in [2.45, 2.75) is 0 Å². The van der Waals surface area contributed by atoms with Crippen molar-refractivity contribution in [1.82, 2.24) is 15.0 Å². The molecule has 100 valence electrons. The molecule has 0 bridgehead atoms. The van der Waals surface area contributed by atoms with Crippen LogP contribution in [0.4, 0.5) is 0 Å². The van der Waals surface area contributed by atoms with E-state index < -0.39 is 5.97 Å². The Morgan fingerprint density at radius 2 is 2.00 bits per heavy atom. The number of carboxylic acid groups (broad SMARTS) is 1. The van der Waals surface area contributed by atoms with Crippen LogP contribution in [0, 0.1) is 0 Å². The fourth-order valence-corrected chi connectivity index (χ4v) is 1.73. The van der Waals surface area contributed by atoms with Crippen LogP contribution in [0.15, 0.2) is 18.2 Å². The average Bonchev–Trinajstić information content (AvgIpc) is 2.80. The summed E-state index contributed by atoms with van der Waals surface area (Å²) in [5.41, 5.74) is 0.632. The van der Waals surface area contributed by atoms with E-state index in [1.54, 1.807) is 25.2 Å². The highest BCUT2D eigenvalue weighted by Gasteiger charge is 2.21. The van der Waals surface area contributed by atoms with Crippen molar-refractivity contribution in [2.24, 2.45) is 7.05 Å². The number of hydrogen-bond acceptors (Lipinski definition) is 5. The van der Waals surface area contributed by atoms with Crippen molar-refractivity contribution in [2.75, 3.05) is 14.2 Å². The number of carboxylic acids is 1. The van der Waals surface area contributed by atoms with E-state index in [4.69, 9.17) is 14.6 Å². The number of carbonyl (C=O) groups is 1. The Balaban J connectivity index is 2.66. The third kappa shape index (κ3) is 2.35. The Hall–Kier alpha value is -2.57. The number of rotatable bonds is 4. The number of nitrogens with zero attached hydrogens (tertiary/aromatic N) is 3. The molecule has 0 aliphatic carbocycles. The predicted octanol–water partition coefficient (Wildman–Crippen LogP) is 1.20. The highest BCUT2D eigenvalue weighted by Crippen LogP contribution is 2.33. The van der Waals surface area contributed by atoms with E-state index >= 15 is 0 Å². The van der Waals surface area contributed by atoms with Gasteiger partial charge < -0.3 is 14.6 Å². The lowest BCUT2D eigenvalue weighted by atomic mass is 10.1. The van der Waals surface area contributed by atoms with Crippen LogP contribution in [0.3, 0.4) is 0 Å². The minimum atomic E-state index is -1.15. The van der Waals surface area contributed by atoms with E-state index in [0.29, 0.717) is 17.1 Å². The summed E-state index contributed by atoms with van der Waals surface area (Å²) in [4.78, 5) is 12.4. The molecule has 0 spiro atoms. The smallest absolute Gasteiger partial charge is 0.358 e. The van der Waals surface area contributed by atoms with Crippen LogP contribution in [0.25, 0.3) is 11.3 Å². The first-order chi connectivity index (χ1) is 9.06. The summed E-state index contributed by atoms with van der Waals surface area (Å²) in [6.07, 6.45) is 0. The second-order valence-corrected chi connectivity index (χ2v) is 3.76. The summed E-state index contributed by atoms with van der Waals surface area (Å²) in [6.45, 7) is 0. The summed E-state index contributed by atoms with van der Waals surface area (Å²) in [6, 6.07) is 5.07. The standard InChI is InChI=1S/C12H13N3O4/c1-15-13-10(11(14-15)12(16)17)8-6-7(18-2)4-5-9(8)19-3/h4-6H,1-3H3,(H,16,17). The van der Waals surface area contributed by atoms with Crippen molar-refractivity contribution in [1.29, 1.82) is 0 Å². The Bertz CT molecular complexity index is 621. The van der Waals surface area contributed by atoms with Crippen molar-refractivity contribution in [3.8, 4) is 22.8 Å². The zero-order chi connectivity index (χ0) is 14.0. The van der Waals surface area contributed by atoms with Gasteiger partial charge in [-0.15, -0.1) is 5.10 Å². The molecule has 0 saturated heterocycles. The van der Waals surface area contributed by atoms with E-state index in [1.165, 1.54) is 19.0 Å². The molecule has 0 atom stereocenters. The number of aryl methyl sites for hydroxylation is 1. The molecule has 2 aromatic rings. The molecule has 1 heterocycles. The van der Waals surface area contributed by atoms with Gasteiger partial charge in [-0.1, -0.05) is 0 Å². The number of benzene rings is 1. The summed E-state index contributed by atoms with van der Waals surface area (Å²) in [7, 11) is 4.59. The molecule has 2 rings (SSSR count). The van der Waals surface area contributed by atoms with Gasteiger partial charge in [0, 0.05) is 7.05 Å². The molecule has 7 nitrogen and oxygen atoms in total. The van der Waals surface area contributed by atoms with Crippen LogP contribution in [-0.2, 0) is 7.05 Å². The maximum absolute atomic E-state index is 11.2. The van der Waals surface area contributed by atoms with E-state index in [-0.39, 0.29) is 11.4 Å². The van der Waals surface area contributed by atoms with Crippen molar-refractivity contribution in [3.05, 3.63) is 23.9 Å². The zero-order valence-corrected chi connectivity index (χ0v) is 10.7. The molecule has 0 fully saturated rings. The molecular formula is C12H13N3O4. The predicted molar refractivity (Wildman–Crippen MR) is 66.5 cm³/mol. The first-order valence-corrected chi connectivity index (χ1v) is 5.43. The zero-order valence-electron chi connectivity index (χ0n) is 10.7. The molecule has 0 radical (unpaired) electrons. The van der Waals surface area contributed by atoms with Gasteiger partial charge in [-0.3, -0.25) is 0 Å². The van der Waals surface area contributed by atoms with Crippen LogP contribution in [0.2, 0.25) is 0 Å².